The average molecular weight is 951 g/mol. The van der Waals surface area contributed by atoms with Gasteiger partial charge in [0.2, 0.25) is 0 Å². The van der Waals surface area contributed by atoms with Gasteiger partial charge in [0.15, 0.2) is 0 Å². The van der Waals surface area contributed by atoms with Gasteiger partial charge in [-0.2, -0.15) is 0 Å². The molecule has 10 rings (SSSR count). The number of pyridine rings is 1. The lowest BCUT2D eigenvalue weighted by molar-refractivity contribution is -0.388. The molecule has 2 atom stereocenters. The molecule has 2 saturated heterocycles. The maximum Gasteiger partial charge on any atom is 0.288 e. The third-order valence-corrected chi connectivity index (χ3v) is 17.8. The Morgan fingerprint density at radius 1 is 1.03 bits per heavy atom. The van der Waals surface area contributed by atoms with Crippen LogP contribution in [0, 0.1) is 21.4 Å². The van der Waals surface area contributed by atoms with E-state index in [4.69, 9.17) is 14.2 Å². The number of hydrogen-bond donors (Lipinski definition) is 3. The van der Waals surface area contributed by atoms with Gasteiger partial charge in [0, 0.05) is 66.4 Å². The number of nitrogens with zero attached hydrogens (tertiary/aromatic N) is 4. The van der Waals surface area contributed by atoms with Gasteiger partial charge in [0.05, 0.1) is 46.4 Å². The van der Waals surface area contributed by atoms with Crippen LogP contribution in [-0.2, 0) is 14.8 Å². The number of thioether (sulfide) groups is 1. The Morgan fingerprint density at radius 2 is 1.81 bits per heavy atom. The number of carbonyl (C=O) groups is 1. The van der Waals surface area contributed by atoms with E-state index in [-0.39, 0.29) is 51.2 Å². The predicted molar refractivity (Wildman–Crippen MR) is 256 cm³/mol. The van der Waals surface area contributed by atoms with Gasteiger partial charge >= 0.3 is 0 Å². The minimum absolute atomic E-state index is 0.0375. The van der Waals surface area contributed by atoms with Crippen LogP contribution in [0.25, 0.3) is 11.0 Å². The molecule has 1 spiro atoms. The number of anilines is 1. The molecule has 17 heteroatoms. The number of carbonyl (C=O) groups excluding carboxylic acids is 1. The quantitative estimate of drug-likeness (QED) is 0.0841. The van der Waals surface area contributed by atoms with Crippen molar-refractivity contribution in [3.8, 4) is 17.2 Å². The van der Waals surface area contributed by atoms with Crippen molar-refractivity contribution in [1.82, 2.24) is 19.6 Å². The van der Waals surface area contributed by atoms with Crippen LogP contribution in [0.5, 0.6) is 17.2 Å². The van der Waals surface area contributed by atoms with E-state index in [1.165, 1.54) is 35.2 Å². The summed E-state index contributed by atoms with van der Waals surface area (Å²) in [6, 6.07) is 20.5. The fourth-order valence-corrected chi connectivity index (χ4v) is 13.5. The van der Waals surface area contributed by atoms with Crippen molar-refractivity contribution >= 4 is 50.1 Å². The number of benzene rings is 3. The highest BCUT2D eigenvalue weighted by molar-refractivity contribution is 8.00. The van der Waals surface area contributed by atoms with Gasteiger partial charge < -0.3 is 29.2 Å². The van der Waals surface area contributed by atoms with Crippen LogP contribution in [0.15, 0.2) is 88.9 Å². The van der Waals surface area contributed by atoms with Gasteiger partial charge in [-0.1, -0.05) is 38.1 Å². The minimum atomic E-state index is -4.65. The molecule has 2 aliphatic carbocycles. The summed E-state index contributed by atoms with van der Waals surface area (Å²) < 4.78 is 48.6. The molecule has 0 unspecified atom stereocenters. The minimum Gasteiger partial charge on any atom is -0.491 e. The smallest absolute Gasteiger partial charge is 0.288 e. The van der Waals surface area contributed by atoms with E-state index in [0.29, 0.717) is 42.8 Å². The highest BCUT2D eigenvalue weighted by atomic mass is 32.2. The van der Waals surface area contributed by atoms with Crippen molar-refractivity contribution in [2.24, 2.45) is 11.3 Å². The number of aromatic nitrogens is 2. The van der Waals surface area contributed by atoms with E-state index in [1.807, 2.05) is 19.1 Å². The van der Waals surface area contributed by atoms with Crippen LogP contribution in [0.4, 0.5) is 11.4 Å². The molecule has 1 amide bonds. The van der Waals surface area contributed by atoms with Gasteiger partial charge in [0.1, 0.15) is 34.4 Å². The maximum atomic E-state index is 14.1. The molecule has 5 heterocycles. The molecule has 2 saturated carbocycles. The zero-order valence-corrected chi connectivity index (χ0v) is 39.7. The summed E-state index contributed by atoms with van der Waals surface area (Å²) >= 11 is 1.31. The van der Waals surface area contributed by atoms with Crippen molar-refractivity contribution in [3.63, 3.8) is 0 Å². The molecule has 354 valence electrons. The molecule has 2 aromatic heterocycles. The van der Waals surface area contributed by atoms with Crippen molar-refractivity contribution in [2.75, 3.05) is 44.4 Å². The number of sulfonamides is 1. The number of rotatable bonds is 11. The number of piperidine rings is 1. The highest BCUT2D eigenvalue weighted by Gasteiger charge is 2.50. The topological polar surface area (TPSA) is 189 Å². The summed E-state index contributed by atoms with van der Waals surface area (Å²) in [7, 11) is -4.65. The third-order valence-electron chi connectivity index (χ3n) is 15.0. The molecule has 15 nitrogen and oxygen atoms in total. The zero-order valence-electron chi connectivity index (χ0n) is 38.1. The van der Waals surface area contributed by atoms with E-state index < -0.39 is 37.0 Å². The second-order valence-electron chi connectivity index (χ2n) is 19.8. The number of aliphatic hydroxyl groups is 1. The van der Waals surface area contributed by atoms with E-state index in [0.717, 1.165) is 81.9 Å². The Balaban J connectivity index is 0.856. The standard InChI is InChI=1S/C50H58N6O9S2/c1-31(2)38-6-4-5-7-39(38)42-29-63-21-20-55(42)35-26-50(27-35)15-18-54(19-16-50)34-8-9-40(43(23-34)65-36-22-33-12-17-51-47(33)52-28-36)48(57)53-67(61,62)37-24-41(56(59)60)46-44(25-37)64-30-45(66-46)32-10-13-49(3,58)14-11-32/h4-9,12,17,22-25,28,31-32,35,42,45,58H,10-11,13-16,18-21,26-27,29-30H2,1-3H3,(H,51,52)(H,53,57)/t32?,42-,45-,49?/m1/s1. The predicted octanol–water partition coefficient (Wildman–Crippen LogP) is 9.12. The summed E-state index contributed by atoms with van der Waals surface area (Å²) in [5.41, 5.74) is 3.33. The van der Waals surface area contributed by atoms with Gasteiger partial charge in [-0.25, -0.2) is 18.1 Å². The molecular weight excluding hydrogens is 893 g/mol. The van der Waals surface area contributed by atoms with Crippen molar-refractivity contribution in [1.29, 1.82) is 0 Å². The number of fused-ring (bicyclic) bond motifs is 2. The molecule has 67 heavy (non-hydrogen) atoms. The molecular formula is C50H58N6O9S2. The van der Waals surface area contributed by atoms with Crippen LogP contribution in [0.1, 0.15) is 106 Å². The summed E-state index contributed by atoms with van der Waals surface area (Å²) in [5, 5.41) is 23.6. The second-order valence-corrected chi connectivity index (χ2v) is 22.7. The first kappa shape index (κ1) is 45.6. The van der Waals surface area contributed by atoms with Crippen LogP contribution in [-0.4, -0.2) is 95.6 Å². The van der Waals surface area contributed by atoms with Gasteiger partial charge in [-0.3, -0.25) is 19.8 Å². The van der Waals surface area contributed by atoms with Crippen molar-refractivity contribution < 1.29 is 37.5 Å². The molecule has 3 aliphatic heterocycles. The van der Waals surface area contributed by atoms with Gasteiger partial charge in [-0.15, -0.1) is 11.8 Å². The van der Waals surface area contributed by atoms with Gasteiger partial charge in [0.25, 0.3) is 21.6 Å². The van der Waals surface area contributed by atoms with Crippen molar-refractivity contribution in [3.05, 3.63) is 106 Å². The Morgan fingerprint density at radius 3 is 2.57 bits per heavy atom. The summed E-state index contributed by atoms with van der Waals surface area (Å²) in [5.74, 6) is 0.217. The number of amides is 1. The fourth-order valence-electron chi connectivity index (χ4n) is 11.1. The molecule has 0 radical (unpaired) electrons. The summed E-state index contributed by atoms with van der Waals surface area (Å²) in [4.78, 5) is 38.2. The number of hydrogen-bond acceptors (Lipinski definition) is 13. The largest absolute Gasteiger partial charge is 0.491 e. The molecule has 5 aromatic rings. The third kappa shape index (κ3) is 9.24. The lowest BCUT2D eigenvalue weighted by Crippen LogP contribution is -2.58. The first-order chi connectivity index (χ1) is 32.1. The lowest BCUT2D eigenvalue weighted by atomic mass is 9.59. The lowest BCUT2D eigenvalue weighted by Gasteiger charge is -2.57. The molecule has 3 aromatic carbocycles. The molecule has 5 aliphatic rings. The van der Waals surface area contributed by atoms with Crippen LogP contribution in [0.2, 0.25) is 0 Å². The number of aromatic amines is 1. The van der Waals surface area contributed by atoms with E-state index >= 15 is 0 Å². The number of H-pyrrole nitrogens is 1. The Labute approximate surface area is 395 Å². The first-order valence-electron chi connectivity index (χ1n) is 23.5. The van der Waals surface area contributed by atoms with Crippen LogP contribution < -0.4 is 19.1 Å². The van der Waals surface area contributed by atoms with E-state index in [2.05, 4.69) is 62.6 Å². The van der Waals surface area contributed by atoms with Crippen LogP contribution >= 0.6 is 11.8 Å². The van der Waals surface area contributed by atoms with Crippen molar-refractivity contribution in [2.45, 2.75) is 111 Å². The monoisotopic (exact) mass is 950 g/mol. The summed E-state index contributed by atoms with van der Waals surface area (Å²) in [6.45, 7) is 10.6. The van der Waals surface area contributed by atoms with Gasteiger partial charge in [-0.05, 0) is 111 Å². The maximum absolute atomic E-state index is 14.1. The number of nitrogens with one attached hydrogen (secondary N) is 2. The average Bonchev–Trinajstić information content (AvgIpc) is 3.78. The number of nitro benzene ring substituents is 1. The Kier molecular flexibility index (Phi) is 12.3. The second kappa shape index (κ2) is 18.0. The molecule has 3 N–H and O–H groups in total. The molecule has 0 bridgehead atoms. The van der Waals surface area contributed by atoms with E-state index in [9.17, 15) is 28.4 Å². The Bertz CT molecular complexity index is 2790. The normalized spacial score (nSPS) is 24.5. The number of ether oxygens (including phenoxy) is 3. The molecule has 4 fully saturated rings. The first-order valence-corrected chi connectivity index (χ1v) is 25.8. The fraction of sp³-hybridized carbons (Fsp3) is 0.480. The zero-order chi connectivity index (χ0) is 46.7. The highest BCUT2D eigenvalue weighted by Crippen LogP contribution is 2.54. The SMILES string of the molecule is CC(C)c1ccccc1[C@H]1COCCN1C1CC2(CCN(c3ccc(C(=O)NS(=O)(=O)c4cc5c(c([N+](=O)[O-])c4)S[C@@H](C4CCC(C)(O)CC4)CO5)c(Oc4cnc5[nH]ccc5c4)c3)CC2)C1. The van der Waals surface area contributed by atoms with Crippen LogP contribution in [0.3, 0.4) is 0 Å². The Hall–Kier alpha value is -5.20. The number of morpholine rings is 1. The summed E-state index contributed by atoms with van der Waals surface area (Å²) in [6.07, 6.45) is 10.4. The number of nitro groups is 1. The van der Waals surface area contributed by atoms with E-state index in [1.54, 1.807) is 24.4 Å².